The summed E-state index contributed by atoms with van der Waals surface area (Å²) in [5, 5.41) is 4.62. The topological polar surface area (TPSA) is 24.9 Å². The summed E-state index contributed by atoms with van der Waals surface area (Å²) in [6.07, 6.45) is 3.23. The molecule has 92 valence electrons. The third-order valence-corrected chi connectivity index (χ3v) is 4.45. The first-order valence-electron chi connectivity index (χ1n) is 5.88. The number of nitrogens with one attached hydrogen (secondary N) is 1. The SMILES string of the molecule is Cc1ncc(CNCCCSCC(C)C)s1. The molecule has 1 aromatic heterocycles. The number of hydrogen-bond donors (Lipinski definition) is 1. The highest BCUT2D eigenvalue weighted by Crippen LogP contribution is 2.11. The fraction of sp³-hybridized carbons (Fsp3) is 0.750. The number of thioether (sulfide) groups is 1. The molecule has 0 aromatic carbocycles. The van der Waals surface area contributed by atoms with Gasteiger partial charge in [-0.1, -0.05) is 13.8 Å². The molecule has 1 N–H and O–H groups in total. The molecule has 1 heterocycles. The van der Waals surface area contributed by atoms with Crippen LogP contribution in [-0.4, -0.2) is 23.0 Å². The van der Waals surface area contributed by atoms with Crippen LogP contribution < -0.4 is 5.32 Å². The summed E-state index contributed by atoms with van der Waals surface area (Å²) >= 11 is 3.84. The van der Waals surface area contributed by atoms with Crippen molar-refractivity contribution >= 4 is 23.1 Å². The summed E-state index contributed by atoms with van der Waals surface area (Å²) in [4.78, 5) is 5.58. The molecule has 0 radical (unpaired) electrons. The first-order valence-corrected chi connectivity index (χ1v) is 7.85. The van der Waals surface area contributed by atoms with E-state index >= 15 is 0 Å². The van der Waals surface area contributed by atoms with Crippen molar-refractivity contribution < 1.29 is 0 Å². The molecule has 0 amide bonds. The predicted molar refractivity (Wildman–Crippen MR) is 75.3 cm³/mol. The molecular weight excluding hydrogens is 236 g/mol. The van der Waals surface area contributed by atoms with Gasteiger partial charge in [0.15, 0.2) is 0 Å². The highest BCUT2D eigenvalue weighted by atomic mass is 32.2. The Morgan fingerprint density at radius 1 is 1.50 bits per heavy atom. The molecule has 0 aliphatic rings. The second-order valence-corrected chi connectivity index (χ2v) is 6.81. The summed E-state index contributed by atoms with van der Waals surface area (Å²) < 4.78 is 0. The Morgan fingerprint density at radius 3 is 2.94 bits per heavy atom. The molecule has 1 aromatic rings. The van der Waals surface area contributed by atoms with Crippen LogP contribution in [0.1, 0.15) is 30.2 Å². The molecule has 0 bridgehead atoms. The van der Waals surface area contributed by atoms with Crippen molar-refractivity contribution in [1.29, 1.82) is 0 Å². The molecule has 1 rings (SSSR count). The van der Waals surface area contributed by atoms with Crippen molar-refractivity contribution in [3.05, 3.63) is 16.1 Å². The van der Waals surface area contributed by atoms with Crippen molar-refractivity contribution in [2.75, 3.05) is 18.1 Å². The standard InChI is InChI=1S/C12H22N2S2/c1-10(2)9-15-6-4-5-13-7-12-8-14-11(3)16-12/h8,10,13H,4-7,9H2,1-3H3. The van der Waals surface area contributed by atoms with Crippen LogP contribution in [0.2, 0.25) is 0 Å². The van der Waals surface area contributed by atoms with Gasteiger partial charge in [0.25, 0.3) is 0 Å². The zero-order valence-corrected chi connectivity index (χ0v) is 12.1. The van der Waals surface area contributed by atoms with E-state index in [1.807, 2.05) is 6.20 Å². The van der Waals surface area contributed by atoms with Gasteiger partial charge in [0.05, 0.1) is 5.01 Å². The quantitative estimate of drug-likeness (QED) is 0.724. The van der Waals surface area contributed by atoms with Crippen LogP contribution in [0.3, 0.4) is 0 Å². The Labute approximate surface area is 107 Å². The third-order valence-electron chi connectivity index (χ3n) is 2.06. The van der Waals surface area contributed by atoms with Crippen molar-refractivity contribution in [2.24, 2.45) is 5.92 Å². The molecule has 0 unspecified atom stereocenters. The number of rotatable bonds is 8. The molecule has 0 fully saturated rings. The van der Waals surface area contributed by atoms with Crippen LogP contribution in [0, 0.1) is 12.8 Å². The van der Waals surface area contributed by atoms with Gasteiger partial charge in [-0.25, -0.2) is 4.98 Å². The zero-order chi connectivity index (χ0) is 11.8. The molecule has 0 spiro atoms. The van der Waals surface area contributed by atoms with Crippen LogP contribution in [0.4, 0.5) is 0 Å². The average molecular weight is 258 g/mol. The Balaban J connectivity index is 1.92. The fourth-order valence-electron chi connectivity index (χ4n) is 1.32. The molecule has 4 heteroatoms. The molecule has 0 atom stereocenters. The Hall–Kier alpha value is -0.0600. The highest BCUT2D eigenvalue weighted by Gasteiger charge is 1.97. The van der Waals surface area contributed by atoms with Crippen molar-refractivity contribution in [3.63, 3.8) is 0 Å². The van der Waals surface area contributed by atoms with Crippen molar-refractivity contribution in [1.82, 2.24) is 10.3 Å². The number of thiazole rings is 1. The maximum absolute atomic E-state index is 4.24. The van der Waals surface area contributed by atoms with Gasteiger partial charge >= 0.3 is 0 Å². The molecule has 2 nitrogen and oxygen atoms in total. The summed E-state index contributed by atoms with van der Waals surface area (Å²) in [7, 11) is 0. The first kappa shape index (κ1) is 14.0. The maximum atomic E-state index is 4.24. The van der Waals surface area contributed by atoms with Gasteiger partial charge < -0.3 is 5.32 Å². The lowest BCUT2D eigenvalue weighted by Crippen LogP contribution is -2.14. The summed E-state index contributed by atoms with van der Waals surface area (Å²) in [5.41, 5.74) is 0. The van der Waals surface area contributed by atoms with Gasteiger partial charge in [-0.3, -0.25) is 0 Å². The third kappa shape index (κ3) is 6.51. The van der Waals surface area contributed by atoms with Crippen molar-refractivity contribution in [3.8, 4) is 0 Å². The Morgan fingerprint density at radius 2 is 2.31 bits per heavy atom. The van der Waals surface area contributed by atoms with Gasteiger partial charge in [0.2, 0.25) is 0 Å². The highest BCUT2D eigenvalue weighted by molar-refractivity contribution is 7.99. The molecule has 0 aliphatic carbocycles. The molecular formula is C12H22N2S2. The van der Waals surface area contributed by atoms with Gasteiger partial charge in [-0.15, -0.1) is 11.3 Å². The Kier molecular flexibility index (Phi) is 7.08. The largest absolute Gasteiger partial charge is 0.312 e. The Bertz CT molecular complexity index is 284. The van der Waals surface area contributed by atoms with Crippen LogP contribution >= 0.6 is 23.1 Å². The van der Waals surface area contributed by atoms with E-state index in [9.17, 15) is 0 Å². The smallest absolute Gasteiger partial charge is 0.0897 e. The zero-order valence-electron chi connectivity index (χ0n) is 10.5. The summed E-state index contributed by atoms with van der Waals surface area (Å²) in [6, 6.07) is 0. The minimum atomic E-state index is 0.818. The van der Waals surface area contributed by atoms with E-state index in [2.05, 4.69) is 42.8 Å². The summed E-state index contributed by atoms with van der Waals surface area (Å²) in [5.74, 6) is 3.37. The van der Waals surface area contributed by atoms with Gasteiger partial charge in [0, 0.05) is 17.6 Å². The van der Waals surface area contributed by atoms with Crippen molar-refractivity contribution in [2.45, 2.75) is 33.7 Å². The maximum Gasteiger partial charge on any atom is 0.0897 e. The molecule has 16 heavy (non-hydrogen) atoms. The number of aryl methyl sites for hydroxylation is 1. The van der Waals surface area contributed by atoms with E-state index in [4.69, 9.17) is 0 Å². The van der Waals surface area contributed by atoms with Gasteiger partial charge in [-0.05, 0) is 37.3 Å². The van der Waals surface area contributed by atoms with E-state index in [0.29, 0.717) is 0 Å². The van der Waals surface area contributed by atoms with E-state index < -0.39 is 0 Å². The van der Waals surface area contributed by atoms with Crippen LogP contribution in [0.15, 0.2) is 6.20 Å². The fourth-order valence-corrected chi connectivity index (χ4v) is 3.07. The lowest BCUT2D eigenvalue weighted by molar-refractivity contribution is 0.683. The molecule has 0 aliphatic heterocycles. The van der Waals surface area contributed by atoms with Crippen LogP contribution in [0.25, 0.3) is 0 Å². The summed E-state index contributed by atoms with van der Waals surface area (Å²) in [6.45, 7) is 8.69. The first-order chi connectivity index (χ1) is 7.68. The lowest BCUT2D eigenvalue weighted by Gasteiger charge is -2.05. The minimum absolute atomic E-state index is 0.818. The average Bonchev–Trinajstić information content (AvgIpc) is 2.62. The normalized spacial score (nSPS) is 11.2. The number of hydrogen-bond acceptors (Lipinski definition) is 4. The number of nitrogens with zero attached hydrogens (tertiary/aromatic N) is 1. The van der Waals surface area contributed by atoms with Gasteiger partial charge in [-0.2, -0.15) is 11.8 Å². The van der Waals surface area contributed by atoms with E-state index in [1.165, 1.54) is 22.8 Å². The monoisotopic (exact) mass is 258 g/mol. The molecule has 0 saturated carbocycles. The van der Waals surface area contributed by atoms with Crippen LogP contribution in [-0.2, 0) is 6.54 Å². The molecule has 0 saturated heterocycles. The van der Waals surface area contributed by atoms with Gasteiger partial charge in [0.1, 0.15) is 0 Å². The second-order valence-electron chi connectivity index (χ2n) is 4.34. The van der Waals surface area contributed by atoms with E-state index in [1.54, 1.807) is 11.3 Å². The van der Waals surface area contributed by atoms with E-state index in [0.717, 1.165) is 24.0 Å². The second kappa shape index (κ2) is 8.09. The predicted octanol–water partition coefficient (Wildman–Crippen LogP) is 3.32. The number of aromatic nitrogens is 1. The van der Waals surface area contributed by atoms with Crippen LogP contribution in [0.5, 0.6) is 0 Å². The minimum Gasteiger partial charge on any atom is -0.312 e. The van der Waals surface area contributed by atoms with E-state index in [-0.39, 0.29) is 0 Å². The lowest BCUT2D eigenvalue weighted by atomic mass is 10.3.